The van der Waals surface area contributed by atoms with Crippen molar-refractivity contribution in [3.05, 3.63) is 0 Å². The lowest BCUT2D eigenvalue weighted by Gasteiger charge is -2.24. The first kappa shape index (κ1) is 48.5. The average molecular weight is 686 g/mol. The molecule has 45 heavy (non-hydrogen) atoms. The molecule has 0 bridgehead atoms. The maximum Gasteiger partial charge on any atom is 0.500 e. The summed E-state index contributed by atoms with van der Waals surface area (Å²) >= 11 is 0. The summed E-state index contributed by atoms with van der Waals surface area (Å²) in [7, 11) is 4.61. The van der Waals surface area contributed by atoms with E-state index in [0.717, 1.165) is 44.3 Å². The lowest BCUT2D eigenvalue weighted by atomic mass is 9.91. The Bertz CT molecular complexity index is 704. The van der Waals surface area contributed by atoms with Crippen LogP contribution in [0, 0.1) is 23.2 Å². The zero-order valence-corrected chi connectivity index (χ0v) is 33.6. The van der Waals surface area contributed by atoms with Crippen molar-refractivity contribution in [3.63, 3.8) is 0 Å². The highest BCUT2D eigenvalue weighted by Gasteiger charge is 2.38. The maximum atomic E-state index is 11.7. The van der Waals surface area contributed by atoms with Gasteiger partial charge in [-0.05, 0) is 52.0 Å². The molecule has 0 saturated heterocycles. The number of carbonyl (C=O) groups is 2. The summed E-state index contributed by atoms with van der Waals surface area (Å²) in [5.41, 5.74) is -0.418. The quantitative estimate of drug-likeness (QED) is 0.0736. The number of esters is 2. The first-order valence-electron chi connectivity index (χ1n) is 16.4. The molecule has 0 aliphatic heterocycles. The lowest BCUT2D eigenvalue weighted by Crippen LogP contribution is -2.43. The van der Waals surface area contributed by atoms with Crippen LogP contribution in [-0.2, 0) is 45.6 Å². The summed E-state index contributed by atoms with van der Waals surface area (Å²) in [6, 6.07) is 1.41. The molecule has 0 heterocycles. The second-order valence-electron chi connectivity index (χ2n) is 12.2. The van der Waals surface area contributed by atoms with E-state index in [1.54, 1.807) is 42.7 Å². The van der Waals surface area contributed by atoms with E-state index in [1.807, 2.05) is 34.6 Å². The molecule has 0 aromatic heterocycles. The van der Waals surface area contributed by atoms with Crippen LogP contribution in [0.5, 0.6) is 0 Å². The minimum absolute atomic E-state index is 0.0182. The highest BCUT2D eigenvalue weighted by Crippen LogP contribution is 2.22. The number of nitrogens with one attached hydrogen (secondary N) is 1. The number of ether oxygens (including phenoxy) is 2. The third-order valence-corrected chi connectivity index (χ3v) is 13.5. The van der Waals surface area contributed by atoms with Crippen LogP contribution in [0.1, 0.15) is 94.4 Å². The van der Waals surface area contributed by atoms with Gasteiger partial charge in [0, 0.05) is 67.2 Å². The van der Waals surface area contributed by atoms with Gasteiger partial charge in [0.1, 0.15) is 0 Å². The fourth-order valence-corrected chi connectivity index (χ4v) is 6.69. The molecular formula is C32H71NO10Si2. The Morgan fingerprint density at radius 2 is 1.16 bits per heavy atom. The van der Waals surface area contributed by atoms with Crippen LogP contribution in [0.25, 0.3) is 0 Å². The minimum atomic E-state index is -2.53. The van der Waals surface area contributed by atoms with Crippen LogP contribution in [-0.4, -0.2) is 98.5 Å². The van der Waals surface area contributed by atoms with Gasteiger partial charge in [0.2, 0.25) is 0 Å². The third kappa shape index (κ3) is 23.1. The Balaban J connectivity index is -0.000000690. The molecule has 11 nitrogen and oxygen atoms in total. The van der Waals surface area contributed by atoms with E-state index in [9.17, 15) is 9.59 Å². The summed E-state index contributed by atoms with van der Waals surface area (Å²) in [5.74, 6) is 0.891. The molecule has 272 valence electrons. The van der Waals surface area contributed by atoms with Gasteiger partial charge in [-0.1, -0.05) is 54.9 Å². The minimum Gasteiger partial charge on any atom is -0.465 e. The van der Waals surface area contributed by atoms with Crippen LogP contribution < -0.4 is 5.32 Å². The number of hydrogen-bond donors (Lipinski definition) is 1. The molecule has 0 aliphatic rings. The summed E-state index contributed by atoms with van der Waals surface area (Å²) in [6.45, 7) is 20.8. The van der Waals surface area contributed by atoms with Crippen LogP contribution in [0.3, 0.4) is 0 Å². The first-order valence-corrected chi connectivity index (χ1v) is 20.3. The molecule has 2 atom stereocenters. The molecular weight excluding hydrogens is 615 g/mol. The van der Waals surface area contributed by atoms with Gasteiger partial charge in [0.25, 0.3) is 0 Å². The van der Waals surface area contributed by atoms with Crippen molar-refractivity contribution >= 4 is 29.5 Å². The molecule has 13 heteroatoms. The second kappa shape index (κ2) is 28.1. The van der Waals surface area contributed by atoms with Crippen molar-refractivity contribution in [1.82, 2.24) is 5.32 Å². The molecule has 0 aromatic rings. The van der Waals surface area contributed by atoms with Gasteiger partial charge in [-0.2, -0.15) is 0 Å². The fraction of sp³-hybridized carbons (Fsp3) is 0.938. The van der Waals surface area contributed by atoms with Gasteiger partial charge >= 0.3 is 29.5 Å². The summed E-state index contributed by atoms with van der Waals surface area (Å²) in [6.07, 6.45) is 4.47. The monoisotopic (exact) mass is 685 g/mol. The highest BCUT2D eigenvalue weighted by atomic mass is 28.4. The molecule has 0 aliphatic carbocycles. The van der Waals surface area contributed by atoms with Crippen LogP contribution >= 0.6 is 0 Å². The van der Waals surface area contributed by atoms with E-state index in [1.165, 1.54) is 6.42 Å². The Morgan fingerprint density at radius 1 is 0.711 bits per heavy atom. The Hall–Kier alpha value is -0.906. The molecule has 0 amide bonds. The van der Waals surface area contributed by atoms with E-state index < -0.39 is 23.0 Å². The van der Waals surface area contributed by atoms with Crippen molar-refractivity contribution < 1.29 is 45.6 Å². The summed E-state index contributed by atoms with van der Waals surface area (Å²) in [4.78, 5) is 23.3. The van der Waals surface area contributed by atoms with Crippen molar-refractivity contribution in [1.29, 1.82) is 0 Å². The molecule has 0 rings (SSSR count). The van der Waals surface area contributed by atoms with E-state index in [2.05, 4.69) is 33.0 Å². The molecule has 0 spiro atoms. The SMILES string of the molecule is CCC(C)(C)C(=O)OCCC[Si](OC)(OC)OC.CCC(C)C.CCC(C)C(=O)OCC(C)CNCCC[Si](OC)(OC)OC. The van der Waals surface area contributed by atoms with Crippen molar-refractivity contribution in [2.24, 2.45) is 23.2 Å². The highest BCUT2D eigenvalue weighted by molar-refractivity contribution is 6.60. The fourth-order valence-electron chi connectivity index (χ4n) is 3.28. The lowest BCUT2D eigenvalue weighted by molar-refractivity contribution is -0.154. The van der Waals surface area contributed by atoms with Crippen LogP contribution in [0.15, 0.2) is 0 Å². The van der Waals surface area contributed by atoms with Crippen molar-refractivity contribution in [3.8, 4) is 0 Å². The molecule has 1 N–H and O–H groups in total. The van der Waals surface area contributed by atoms with Crippen molar-refractivity contribution in [2.75, 3.05) is 69.0 Å². The molecule has 2 unspecified atom stereocenters. The maximum absolute atomic E-state index is 11.7. The standard InChI is InChI=1S/C15H33NO5Si.C12H26O5Si.C5H12/c1-7-14(3)15(17)21-12-13(2)11-16-9-8-10-22(18-4,19-5)20-6;1-7-12(2,3)11(13)17-9-8-10-18(14-4,15-5)16-6;1-4-5(2)3/h13-14,16H,7-12H2,1-6H3;7-10H2,1-6H3;5H,4H2,1-3H3. The predicted octanol–water partition coefficient (Wildman–Crippen LogP) is 6.36. The molecule has 0 saturated carbocycles. The molecule has 0 radical (unpaired) electrons. The van der Waals surface area contributed by atoms with E-state index >= 15 is 0 Å². The zero-order chi connectivity index (χ0) is 35.5. The van der Waals surface area contributed by atoms with E-state index in [0.29, 0.717) is 31.6 Å². The third-order valence-electron chi connectivity index (χ3n) is 7.83. The number of carbonyl (C=O) groups excluding carboxylic acids is 2. The first-order chi connectivity index (χ1) is 21.1. The second-order valence-corrected chi connectivity index (χ2v) is 18.4. The van der Waals surface area contributed by atoms with E-state index in [4.69, 9.17) is 36.0 Å². The van der Waals surface area contributed by atoms with Crippen LogP contribution in [0.2, 0.25) is 12.1 Å². The van der Waals surface area contributed by atoms with Gasteiger partial charge < -0.3 is 41.3 Å². The average Bonchev–Trinajstić information content (AvgIpc) is 3.05. The molecule has 0 aromatic carbocycles. The normalized spacial score (nSPS) is 13.2. The van der Waals surface area contributed by atoms with Crippen molar-refractivity contribution in [2.45, 2.75) is 107 Å². The summed E-state index contributed by atoms with van der Waals surface area (Å²) in [5, 5.41) is 3.36. The van der Waals surface area contributed by atoms with Gasteiger partial charge in [-0.15, -0.1) is 0 Å². The Morgan fingerprint density at radius 3 is 1.53 bits per heavy atom. The van der Waals surface area contributed by atoms with Gasteiger partial charge in [0.15, 0.2) is 0 Å². The number of rotatable bonds is 23. The van der Waals surface area contributed by atoms with Gasteiger partial charge in [-0.3, -0.25) is 9.59 Å². The predicted molar refractivity (Wildman–Crippen MR) is 185 cm³/mol. The van der Waals surface area contributed by atoms with Crippen LogP contribution in [0.4, 0.5) is 0 Å². The Labute approximate surface area is 278 Å². The van der Waals surface area contributed by atoms with Gasteiger partial charge in [0.05, 0.1) is 24.5 Å². The molecule has 0 fully saturated rings. The largest absolute Gasteiger partial charge is 0.500 e. The summed E-state index contributed by atoms with van der Waals surface area (Å²) < 4.78 is 42.5. The smallest absolute Gasteiger partial charge is 0.465 e. The topological polar surface area (TPSA) is 120 Å². The Kier molecular flexibility index (Phi) is 30.3. The number of hydrogen-bond acceptors (Lipinski definition) is 11. The van der Waals surface area contributed by atoms with Gasteiger partial charge in [-0.25, -0.2) is 0 Å². The van der Waals surface area contributed by atoms with E-state index in [-0.39, 0.29) is 17.9 Å². The zero-order valence-electron chi connectivity index (χ0n) is 31.6.